The topological polar surface area (TPSA) is 76.5 Å². The van der Waals surface area contributed by atoms with Gasteiger partial charge in [-0.15, -0.1) is 11.3 Å². The van der Waals surface area contributed by atoms with Crippen LogP contribution in [0.2, 0.25) is 18.1 Å². The lowest BCUT2D eigenvalue weighted by Crippen LogP contribution is -2.47. The summed E-state index contributed by atoms with van der Waals surface area (Å²) in [7, 11) is -1.73. The average Bonchev–Trinajstić information content (AvgIpc) is 3.33. The Morgan fingerprint density at radius 1 is 1.21 bits per heavy atom. The van der Waals surface area contributed by atoms with Crippen molar-refractivity contribution in [2.24, 2.45) is 0 Å². The van der Waals surface area contributed by atoms with Crippen molar-refractivity contribution in [3.63, 3.8) is 0 Å². The second-order valence-corrected chi connectivity index (χ2v) is 17.4. The third-order valence-electron chi connectivity index (χ3n) is 8.51. The normalized spacial score (nSPS) is 26.0. The van der Waals surface area contributed by atoms with Gasteiger partial charge in [0.2, 0.25) is 5.88 Å². The number of fused-ring (bicyclic) bond motifs is 3. The first-order valence-electron chi connectivity index (χ1n) is 12.6. The molecule has 2 aliphatic carbocycles. The van der Waals surface area contributed by atoms with E-state index in [1.165, 1.54) is 16.9 Å². The zero-order chi connectivity index (χ0) is 23.9. The van der Waals surface area contributed by atoms with Crippen LogP contribution in [0.15, 0.2) is 6.33 Å². The molecule has 1 saturated carbocycles. The SMILES string of the molecule is CC[C@]1(NO)CC[C@H](Oc2ncnc3sc4c(c23)[C@@H](CCO[Si](C)(C)C(C)(C)C)CC4)CC1. The third-order valence-corrected chi connectivity index (χ3v) is 14.2. The smallest absolute Gasteiger partial charge is 0.225 e. The highest BCUT2D eigenvalue weighted by Crippen LogP contribution is 2.48. The first-order chi connectivity index (χ1) is 15.6. The Labute approximate surface area is 203 Å². The molecule has 0 spiro atoms. The predicted molar refractivity (Wildman–Crippen MR) is 137 cm³/mol. The zero-order valence-electron chi connectivity index (χ0n) is 21.2. The number of aryl methyl sites for hydroxylation is 1. The van der Waals surface area contributed by atoms with Crippen LogP contribution in [0.3, 0.4) is 0 Å². The Morgan fingerprint density at radius 3 is 2.58 bits per heavy atom. The molecular formula is C25H41N3O3SSi. The molecular weight excluding hydrogens is 450 g/mol. The highest BCUT2D eigenvalue weighted by Gasteiger charge is 2.38. The number of hydrogen-bond donors (Lipinski definition) is 2. The van der Waals surface area contributed by atoms with E-state index in [0.29, 0.717) is 5.92 Å². The van der Waals surface area contributed by atoms with Gasteiger partial charge in [0, 0.05) is 17.0 Å². The molecule has 33 heavy (non-hydrogen) atoms. The molecule has 0 saturated heterocycles. The second kappa shape index (κ2) is 9.53. The maximum atomic E-state index is 9.61. The van der Waals surface area contributed by atoms with Crippen LogP contribution in [0.4, 0.5) is 0 Å². The fourth-order valence-corrected chi connectivity index (χ4v) is 7.35. The monoisotopic (exact) mass is 491 g/mol. The van der Waals surface area contributed by atoms with Crippen molar-refractivity contribution in [3.05, 3.63) is 16.8 Å². The number of hydrogen-bond acceptors (Lipinski definition) is 7. The number of thiophene rings is 1. The summed E-state index contributed by atoms with van der Waals surface area (Å²) in [6.07, 6.45) is 9.70. The molecule has 0 amide bonds. The Morgan fingerprint density at radius 2 is 1.94 bits per heavy atom. The predicted octanol–water partition coefficient (Wildman–Crippen LogP) is 6.58. The summed E-state index contributed by atoms with van der Waals surface area (Å²) in [5, 5.41) is 11.0. The Kier molecular flexibility index (Phi) is 7.23. The molecule has 0 aromatic carbocycles. The van der Waals surface area contributed by atoms with E-state index in [9.17, 15) is 5.21 Å². The van der Waals surface area contributed by atoms with Crippen molar-refractivity contribution in [2.45, 2.75) is 115 Å². The van der Waals surface area contributed by atoms with Crippen molar-refractivity contribution < 1.29 is 14.4 Å². The van der Waals surface area contributed by atoms with Gasteiger partial charge in [-0.2, -0.15) is 5.48 Å². The van der Waals surface area contributed by atoms with Crippen LogP contribution in [-0.4, -0.2) is 41.7 Å². The maximum Gasteiger partial charge on any atom is 0.225 e. The lowest BCUT2D eigenvalue weighted by molar-refractivity contribution is 0.00754. The molecule has 0 aliphatic heterocycles. The molecule has 2 heterocycles. The minimum Gasteiger partial charge on any atom is -0.474 e. The van der Waals surface area contributed by atoms with Gasteiger partial charge in [0.25, 0.3) is 0 Å². The van der Waals surface area contributed by atoms with Gasteiger partial charge in [-0.3, -0.25) is 0 Å². The summed E-state index contributed by atoms with van der Waals surface area (Å²) in [6, 6.07) is 0. The van der Waals surface area contributed by atoms with Crippen LogP contribution in [0, 0.1) is 0 Å². The van der Waals surface area contributed by atoms with Crippen molar-refractivity contribution in [1.82, 2.24) is 15.4 Å². The number of hydroxylamine groups is 1. The highest BCUT2D eigenvalue weighted by molar-refractivity contribution is 7.19. The van der Waals surface area contributed by atoms with E-state index in [2.05, 4.69) is 56.2 Å². The number of aromatic nitrogens is 2. The lowest BCUT2D eigenvalue weighted by atomic mass is 9.79. The summed E-state index contributed by atoms with van der Waals surface area (Å²) < 4.78 is 13.0. The van der Waals surface area contributed by atoms with E-state index >= 15 is 0 Å². The van der Waals surface area contributed by atoms with E-state index in [4.69, 9.17) is 9.16 Å². The van der Waals surface area contributed by atoms with Gasteiger partial charge in [0.05, 0.1) is 5.39 Å². The number of rotatable bonds is 8. The van der Waals surface area contributed by atoms with Crippen LogP contribution in [0.1, 0.15) is 89.0 Å². The minimum absolute atomic E-state index is 0.133. The van der Waals surface area contributed by atoms with Crippen molar-refractivity contribution in [1.29, 1.82) is 0 Å². The molecule has 2 aromatic rings. The molecule has 184 valence electrons. The van der Waals surface area contributed by atoms with E-state index in [0.717, 1.165) is 67.6 Å². The Balaban J connectivity index is 1.49. The first kappa shape index (κ1) is 25.0. The molecule has 4 rings (SSSR count). The number of nitrogens with one attached hydrogen (secondary N) is 1. The molecule has 2 aromatic heterocycles. The molecule has 1 atom stereocenters. The fraction of sp³-hybridized carbons (Fsp3) is 0.760. The van der Waals surface area contributed by atoms with Gasteiger partial charge in [0.1, 0.15) is 17.3 Å². The van der Waals surface area contributed by atoms with Gasteiger partial charge in [0.15, 0.2) is 8.32 Å². The summed E-state index contributed by atoms with van der Waals surface area (Å²) in [5.41, 5.74) is 3.82. The summed E-state index contributed by atoms with van der Waals surface area (Å²) in [4.78, 5) is 11.7. The van der Waals surface area contributed by atoms with Gasteiger partial charge >= 0.3 is 0 Å². The molecule has 2 N–H and O–H groups in total. The lowest BCUT2D eigenvalue weighted by Gasteiger charge is -2.38. The molecule has 0 bridgehead atoms. The van der Waals surface area contributed by atoms with Gasteiger partial charge in [-0.25, -0.2) is 9.97 Å². The molecule has 0 unspecified atom stereocenters. The van der Waals surface area contributed by atoms with Crippen LogP contribution in [0.25, 0.3) is 10.2 Å². The highest BCUT2D eigenvalue weighted by atomic mass is 32.1. The van der Waals surface area contributed by atoms with E-state index in [-0.39, 0.29) is 16.7 Å². The maximum absolute atomic E-state index is 9.61. The third kappa shape index (κ3) is 5.01. The fourth-order valence-electron chi connectivity index (χ4n) is 5.06. The van der Waals surface area contributed by atoms with Crippen molar-refractivity contribution in [2.75, 3.05) is 6.61 Å². The largest absolute Gasteiger partial charge is 0.474 e. The quantitative estimate of drug-likeness (QED) is 0.321. The molecule has 1 fully saturated rings. The van der Waals surface area contributed by atoms with E-state index < -0.39 is 8.32 Å². The van der Waals surface area contributed by atoms with Crippen LogP contribution < -0.4 is 10.2 Å². The van der Waals surface area contributed by atoms with Crippen molar-refractivity contribution >= 4 is 29.9 Å². The van der Waals surface area contributed by atoms with E-state index in [1.807, 2.05) is 11.3 Å². The van der Waals surface area contributed by atoms with Crippen LogP contribution >= 0.6 is 11.3 Å². The summed E-state index contributed by atoms with van der Waals surface area (Å²) in [6.45, 7) is 14.5. The zero-order valence-corrected chi connectivity index (χ0v) is 23.0. The molecule has 8 heteroatoms. The first-order valence-corrected chi connectivity index (χ1v) is 16.3. The van der Waals surface area contributed by atoms with E-state index in [1.54, 1.807) is 6.33 Å². The van der Waals surface area contributed by atoms with Gasteiger partial charge in [-0.1, -0.05) is 27.7 Å². The second-order valence-electron chi connectivity index (χ2n) is 11.5. The number of ether oxygens (including phenoxy) is 1. The Hall–Kier alpha value is -1.06. The summed E-state index contributed by atoms with van der Waals surface area (Å²) in [5.74, 6) is 1.24. The molecule has 6 nitrogen and oxygen atoms in total. The number of nitrogens with zero attached hydrogens (tertiary/aromatic N) is 2. The standard InChI is InChI=1S/C25H41N3O3SSi/c1-7-25(28-29)13-10-18(11-14-25)31-22-21-20-17(12-15-30-33(5,6)24(2,3)4)8-9-19(20)32-23(21)27-16-26-22/h16-18,28-29H,7-15H2,1-6H3/t17-,18-,25-/m1/s1. The molecule has 2 aliphatic rings. The van der Waals surface area contributed by atoms with Crippen molar-refractivity contribution in [3.8, 4) is 5.88 Å². The van der Waals surface area contributed by atoms with Gasteiger partial charge < -0.3 is 14.4 Å². The Bertz CT molecular complexity index is 958. The van der Waals surface area contributed by atoms with Gasteiger partial charge in [-0.05, 0) is 81.0 Å². The minimum atomic E-state index is -1.73. The van der Waals surface area contributed by atoms with Crippen LogP contribution in [0.5, 0.6) is 5.88 Å². The average molecular weight is 492 g/mol. The molecule has 0 radical (unpaired) electrons. The summed E-state index contributed by atoms with van der Waals surface area (Å²) >= 11 is 1.81. The van der Waals surface area contributed by atoms with Crippen LogP contribution in [-0.2, 0) is 10.8 Å².